The van der Waals surface area contributed by atoms with Crippen LogP contribution in [0.25, 0.3) is 0 Å². The molecule has 0 fully saturated rings. The van der Waals surface area contributed by atoms with E-state index in [1.54, 1.807) is 0 Å². The third kappa shape index (κ3) is 3.21. The SMILES string of the molecule is Cc1ccc(C(O)CCc2ccccc2)cc1C. The van der Waals surface area contributed by atoms with Gasteiger partial charge in [0.05, 0.1) is 6.10 Å². The molecule has 0 heterocycles. The van der Waals surface area contributed by atoms with Gasteiger partial charge in [-0.05, 0) is 48.9 Å². The zero-order valence-electron chi connectivity index (χ0n) is 11.1. The molecule has 0 aromatic heterocycles. The lowest BCUT2D eigenvalue weighted by Crippen LogP contribution is -2.00. The maximum absolute atomic E-state index is 10.2. The third-order valence-electron chi connectivity index (χ3n) is 3.47. The first-order valence-corrected chi connectivity index (χ1v) is 6.46. The Labute approximate surface area is 109 Å². The van der Waals surface area contributed by atoms with Crippen molar-refractivity contribution in [1.82, 2.24) is 0 Å². The molecule has 0 spiro atoms. The fourth-order valence-electron chi connectivity index (χ4n) is 2.09. The third-order valence-corrected chi connectivity index (χ3v) is 3.47. The van der Waals surface area contributed by atoms with E-state index in [4.69, 9.17) is 0 Å². The fraction of sp³-hybridized carbons (Fsp3) is 0.294. The predicted molar refractivity (Wildman–Crippen MR) is 75.6 cm³/mol. The minimum atomic E-state index is -0.371. The summed E-state index contributed by atoms with van der Waals surface area (Å²) in [6.07, 6.45) is 1.31. The van der Waals surface area contributed by atoms with Crippen LogP contribution in [0.4, 0.5) is 0 Å². The van der Waals surface area contributed by atoms with Gasteiger partial charge in [0, 0.05) is 0 Å². The highest BCUT2D eigenvalue weighted by Crippen LogP contribution is 2.21. The van der Waals surface area contributed by atoms with E-state index >= 15 is 0 Å². The molecule has 0 aliphatic carbocycles. The lowest BCUT2D eigenvalue weighted by Gasteiger charge is -2.12. The Morgan fingerprint density at radius 3 is 2.33 bits per heavy atom. The summed E-state index contributed by atoms with van der Waals surface area (Å²) in [6.45, 7) is 4.18. The molecule has 0 aliphatic heterocycles. The first-order valence-electron chi connectivity index (χ1n) is 6.46. The average Bonchev–Trinajstić information content (AvgIpc) is 2.40. The number of aliphatic hydroxyl groups excluding tert-OH is 1. The lowest BCUT2D eigenvalue weighted by molar-refractivity contribution is 0.168. The normalized spacial score (nSPS) is 12.4. The highest BCUT2D eigenvalue weighted by atomic mass is 16.3. The number of benzene rings is 2. The molecule has 18 heavy (non-hydrogen) atoms. The molecule has 0 amide bonds. The molecule has 2 aromatic rings. The number of aliphatic hydroxyl groups is 1. The van der Waals surface area contributed by atoms with Crippen molar-refractivity contribution in [2.45, 2.75) is 32.8 Å². The molecule has 1 N–H and O–H groups in total. The standard InChI is InChI=1S/C17H20O/c1-13-8-10-16(12-14(13)2)17(18)11-9-15-6-4-3-5-7-15/h3-8,10,12,17-18H,9,11H2,1-2H3. The van der Waals surface area contributed by atoms with Crippen molar-refractivity contribution in [1.29, 1.82) is 0 Å². The molecule has 0 aliphatic rings. The molecule has 0 radical (unpaired) electrons. The minimum Gasteiger partial charge on any atom is -0.388 e. The van der Waals surface area contributed by atoms with Crippen LogP contribution in [0.1, 0.15) is 34.8 Å². The van der Waals surface area contributed by atoms with Gasteiger partial charge in [0.2, 0.25) is 0 Å². The van der Waals surface area contributed by atoms with E-state index in [2.05, 4.69) is 38.1 Å². The van der Waals surface area contributed by atoms with Gasteiger partial charge >= 0.3 is 0 Å². The highest BCUT2D eigenvalue weighted by molar-refractivity contribution is 5.31. The van der Waals surface area contributed by atoms with E-state index in [0.29, 0.717) is 0 Å². The van der Waals surface area contributed by atoms with E-state index in [-0.39, 0.29) is 6.10 Å². The second-order valence-electron chi connectivity index (χ2n) is 4.88. The van der Waals surface area contributed by atoms with E-state index in [0.717, 1.165) is 18.4 Å². The van der Waals surface area contributed by atoms with Gasteiger partial charge in [0.25, 0.3) is 0 Å². The van der Waals surface area contributed by atoms with Crippen molar-refractivity contribution < 1.29 is 5.11 Å². The Bertz CT molecular complexity index is 502. The van der Waals surface area contributed by atoms with Gasteiger partial charge in [-0.25, -0.2) is 0 Å². The summed E-state index contributed by atoms with van der Waals surface area (Å²) in [5.41, 5.74) is 4.81. The zero-order chi connectivity index (χ0) is 13.0. The van der Waals surface area contributed by atoms with Crippen LogP contribution >= 0.6 is 0 Å². The maximum Gasteiger partial charge on any atom is 0.0793 e. The van der Waals surface area contributed by atoms with Crippen molar-refractivity contribution >= 4 is 0 Å². The largest absolute Gasteiger partial charge is 0.388 e. The average molecular weight is 240 g/mol. The van der Waals surface area contributed by atoms with Crippen LogP contribution < -0.4 is 0 Å². The van der Waals surface area contributed by atoms with Crippen LogP contribution in [0, 0.1) is 13.8 Å². The van der Waals surface area contributed by atoms with Gasteiger partial charge in [0.15, 0.2) is 0 Å². The van der Waals surface area contributed by atoms with Crippen molar-refractivity contribution in [3.05, 3.63) is 70.8 Å². The Morgan fingerprint density at radius 1 is 0.944 bits per heavy atom. The molecule has 1 atom stereocenters. The first-order chi connectivity index (χ1) is 8.66. The highest BCUT2D eigenvalue weighted by Gasteiger charge is 2.08. The van der Waals surface area contributed by atoms with Crippen LogP contribution in [0.5, 0.6) is 0 Å². The van der Waals surface area contributed by atoms with Gasteiger partial charge in [-0.3, -0.25) is 0 Å². The Morgan fingerprint density at radius 2 is 1.67 bits per heavy atom. The summed E-state index contributed by atoms with van der Waals surface area (Å²) in [5, 5.41) is 10.2. The number of rotatable bonds is 4. The first kappa shape index (κ1) is 12.8. The van der Waals surface area contributed by atoms with Gasteiger partial charge < -0.3 is 5.11 Å². The molecular weight excluding hydrogens is 220 g/mol. The van der Waals surface area contributed by atoms with E-state index in [9.17, 15) is 5.11 Å². The molecule has 1 nitrogen and oxygen atoms in total. The molecule has 1 unspecified atom stereocenters. The molecule has 0 bridgehead atoms. The van der Waals surface area contributed by atoms with Crippen LogP contribution in [-0.2, 0) is 6.42 Å². The topological polar surface area (TPSA) is 20.2 Å². The second kappa shape index (κ2) is 5.83. The number of aryl methyl sites for hydroxylation is 3. The number of hydrogen-bond acceptors (Lipinski definition) is 1. The molecule has 2 aromatic carbocycles. The van der Waals surface area contributed by atoms with Gasteiger partial charge in [-0.15, -0.1) is 0 Å². The quantitative estimate of drug-likeness (QED) is 0.857. The second-order valence-corrected chi connectivity index (χ2v) is 4.88. The molecule has 0 saturated carbocycles. The molecule has 1 heteroatoms. The van der Waals surface area contributed by atoms with Crippen LogP contribution in [0.15, 0.2) is 48.5 Å². The predicted octanol–water partition coefficient (Wildman–Crippen LogP) is 3.97. The Hall–Kier alpha value is -1.60. The van der Waals surface area contributed by atoms with Gasteiger partial charge in [-0.1, -0.05) is 48.5 Å². The number of hydrogen-bond donors (Lipinski definition) is 1. The van der Waals surface area contributed by atoms with Crippen molar-refractivity contribution in [2.75, 3.05) is 0 Å². The summed E-state index contributed by atoms with van der Waals surface area (Å²) < 4.78 is 0. The van der Waals surface area contributed by atoms with Crippen molar-refractivity contribution in [2.24, 2.45) is 0 Å². The summed E-state index contributed by atoms with van der Waals surface area (Å²) in [4.78, 5) is 0. The molecular formula is C17H20O. The van der Waals surface area contributed by atoms with Gasteiger partial charge in [-0.2, -0.15) is 0 Å². The summed E-state index contributed by atoms with van der Waals surface area (Å²) >= 11 is 0. The Kier molecular flexibility index (Phi) is 4.16. The lowest BCUT2D eigenvalue weighted by atomic mass is 9.98. The monoisotopic (exact) mass is 240 g/mol. The zero-order valence-corrected chi connectivity index (χ0v) is 11.1. The van der Waals surface area contributed by atoms with E-state index in [1.165, 1.54) is 16.7 Å². The summed E-state index contributed by atoms with van der Waals surface area (Å²) in [6, 6.07) is 16.5. The summed E-state index contributed by atoms with van der Waals surface area (Å²) in [5.74, 6) is 0. The van der Waals surface area contributed by atoms with E-state index < -0.39 is 0 Å². The van der Waals surface area contributed by atoms with Crippen molar-refractivity contribution in [3.63, 3.8) is 0 Å². The Balaban J connectivity index is 1.99. The van der Waals surface area contributed by atoms with Crippen molar-refractivity contribution in [3.8, 4) is 0 Å². The van der Waals surface area contributed by atoms with Crippen LogP contribution in [0.2, 0.25) is 0 Å². The molecule has 94 valence electrons. The fourth-order valence-corrected chi connectivity index (χ4v) is 2.09. The van der Waals surface area contributed by atoms with Crippen LogP contribution in [-0.4, -0.2) is 5.11 Å². The van der Waals surface area contributed by atoms with Gasteiger partial charge in [0.1, 0.15) is 0 Å². The smallest absolute Gasteiger partial charge is 0.0793 e. The van der Waals surface area contributed by atoms with Crippen LogP contribution in [0.3, 0.4) is 0 Å². The maximum atomic E-state index is 10.2. The summed E-state index contributed by atoms with van der Waals surface area (Å²) in [7, 11) is 0. The minimum absolute atomic E-state index is 0.371. The molecule has 2 rings (SSSR count). The van der Waals surface area contributed by atoms with E-state index in [1.807, 2.05) is 24.3 Å². The molecule has 0 saturated heterocycles.